The molecule has 5 unspecified atom stereocenters. The number of nitrogens with zero attached hydrogens (tertiary/aromatic N) is 12. The summed E-state index contributed by atoms with van der Waals surface area (Å²) in [6.45, 7) is 9.27. The Hall–Kier alpha value is -9.26. The van der Waals surface area contributed by atoms with Gasteiger partial charge in [0.1, 0.15) is 45.7 Å². The number of anilines is 3. The summed E-state index contributed by atoms with van der Waals surface area (Å²) in [6.07, 6.45) is 10.7. The number of H-pyrrole nitrogens is 3. The van der Waals surface area contributed by atoms with Crippen molar-refractivity contribution < 1.29 is 30.5 Å². The Labute approximate surface area is 518 Å². The van der Waals surface area contributed by atoms with E-state index >= 15 is 0 Å². The van der Waals surface area contributed by atoms with Gasteiger partial charge in [0.2, 0.25) is 0 Å². The van der Waals surface area contributed by atoms with Crippen molar-refractivity contribution in [1.29, 1.82) is 0 Å². The molecule has 11 aromatic rings. The molecule has 12 heterocycles. The summed E-state index contributed by atoms with van der Waals surface area (Å²) in [5, 5.41) is 52.7. The van der Waals surface area contributed by atoms with E-state index in [1.54, 1.807) is 48.9 Å². The number of aromatic amines is 3. The van der Waals surface area contributed by atoms with Crippen molar-refractivity contribution in [3.63, 3.8) is 0 Å². The number of rotatable bonds is 11. The summed E-state index contributed by atoms with van der Waals surface area (Å²) >= 11 is 0. The molecule has 0 bridgehead atoms. The van der Waals surface area contributed by atoms with Gasteiger partial charge in [-0.15, -0.1) is 0 Å². The lowest BCUT2D eigenvalue weighted by Gasteiger charge is -2.48. The van der Waals surface area contributed by atoms with Gasteiger partial charge in [0.05, 0.1) is 29.2 Å². The van der Waals surface area contributed by atoms with E-state index in [-0.39, 0.29) is 47.7 Å². The first-order chi connectivity index (χ1) is 43.2. The van der Waals surface area contributed by atoms with E-state index in [1.165, 1.54) is 24.6 Å². The Morgan fingerprint density at radius 1 is 0.494 bits per heavy atom. The van der Waals surface area contributed by atoms with E-state index in [2.05, 4.69) is 85.8 Å². The first-order valence-electron chi connectivity index (χ1n) is 30.2. The number of halogens is 3. The van der Waals surface area contributed by atoms with Gasteiger partial charge in [0, 0.05) is 99.8 Å². The standard InChI is InChI=1S/2C23H23FN6O.C20H23FN6.5H2/c2*1-23(31,15-6-3-2-4-7-15)18-14-30(13-12-25-18)19-10-9-17(24)21(27-19)20-16-8-5-11-26-22(16)29-28-20;21-15-6-7-16(27-11-2-4-13(12-27)20(22)8-3-9-20)24-18(15)17-14-5-1-10-23-19(14)26-25-17;;;;;/h2*2-11,18,25,31H,12-14H2,1H3,(H,26,28,29);1,5-7,10,13H,2-4,8-9,11-12,22H2,(H,23,25,26);5*1H. The SMILES string of the molecule is CC(O)(c1ccccc1)C1CN(c2ccc(F)c(-c3[nH]nc4ncccc34)n2)CCN1.CC(O)(c1ccccc1)C1CN(c2ccc(F)c(-c3[nH]nc4ncccc34)n2)CCN1.NC1(C2CCCN(c3ccc(F)c(-c4[nH]nc5ncccc45)n3)C2)CCC1.[HH].[HH].[HH].[HH].[HH]. The maximum atomic E-state index is 14.7. The highest BCUT2D eigenvalue weighted by Crippen LogP contribution is 2.41. The van der Waals surface area contributed by atoms with Crippen LogP contribution in [0.25, 0.3) is 67.3 Å². The minimum absolute atomic E-state index is 0. The number of hydrogen-bond acceptors (Lipinski definition) is 17. The number of fused-ring (bicyclic) bond motifs is 3. The fourth-order valence-corrected chi connectivity index (χ4v) is 12.7. The van der Waals surface area contributed by atoms with E-state index in [4.69, 9.17) is 5.73 Å². The Kier molecular flexibility index (Phi) is 16.3. The van der Waals surface area contributed by atoms with Crippen LogP contribution in [0.5, 0.6) is 0 Å². The molecule has 9 N–H and O–H groups in total. The van der Waals surface area contributed by atoms with Crippen molar-refractivity contribution in [2.45, 2.75) is 74.8 Å². The highest BCUT2D eigenvalue weighted by atomic mass is 19.1. The van der Waals surface area contributed by atoms with E-state index in [1.807, 2.05) is 98.8 Å². The fourth-order valence-electron chi connectivity index (χ4n) is 12.7. The van der Waals surface area contributed by atoms with Gasteiger partial charge in [-0.05, 0) is 136 Å². The number of piperidine rings is 1. The van der Waals surface area contributed by atoms with Crippen molar-refractivity contribution in [2.24, 2.45) is 11.7 Å². The zero-order valence-corrected chi connectivity index (χ0v) is 49.3. The molecule has 466 valence electrons. The molecule has 1 saturated carbocycles. The largest absolute Gasteiger partial charge is 0.384 e. The van der Waals surface area contributed by atoms with Crippen LogP contribution in [-0.2, 0) is 11.2 Å². The Bertz CT molecular complexity index is 4090. The second-order valence-electron chi connectivity index (χ2n) is 23.7. The topological polar surface area (TPSA) is 264 Å². The Morgan fingerprint density at radius 2 is 0.876 bits per heavy atom. The molecule has 20 nitrogen and oxygen atoms in total. The number of nitrogens with one attached hydrogen (secondary N) is 5. The molecule has 4 fully saturated rings. The quantitative estimate of drug-likeness (QED) is 0.0599. The Morgan fingerprint density at radius 3 is 1.25 bits per heavy atom. The Balaban J connectivity index is 0.000000177. The molecule has 1 aliphatic carbocycles. The van der Waals surface area contributed by atoms with Crippen LogP contribution < -0.4 is 31.1 Å². The third-order valence-corrected chi connectivity index (χ3v) is 18.1. The lowest BCUT2D eigenvalue weighted by atomic mass is 9.66. The van der Waals surface area contributed by atoms with Crippen LogP contribution in [0, 0.1) is 23.4 Å². The van der Waals surface area contributed by atoms with Crippen LogP contribution in [-0.4, -0.2) is 141 Å². The van der Waals surface area contributed by atoms with Gasteiger partial charge in [-0.25, -0.2) is 43.1 Å². The minimum Gasteiger partial charge on any atom is -0.384 e. The summed E-state index contributed by atoms with van der Waals surface area (Å²) in [4.78, 5) is 32.9. The van der Waals surface area contributed by atoms with E-state index in [0.717, 1.165) is 71.9 Å². The normalized spacial score (nSPS) is 19.8. The molecule has 15 rings (SSSR count). The lowest BCUT2D eigenvalue weighted by Crippen LogP contribution is -2.59. The average Bonchev–Trinajstić information content (AvgIpc) is 1.85. The predicted molar refractivity (Wildman–Crippen MR) is 348 cm³/mol. The zero-order chi connectivity index (χ0) is 61.3. The molecule has 23 heteroatoms. The van der Waals surface area contributed by atoms with Gasteiger partial charge in [0.15, 0.2) is 34.4 Å². The van der Waals surface area contributed by atoms with Crippen LogP contribution in [0.3, 0.4) is 0 Å². The lowest BCUT2D eigenvalue weighted by molar-refractivity contribution is 0.0136. The zero-order valence-electron chi connectivity index (χ0n) is 49.3. The number of hydrogen-bond donors (Lipinski definition) is 8. The fraction of sp³-hybridized carbons (Fsp3) is 0.318. The molecule has 2 aromatic carbocycles. The van der Waals surface area contributed by atoms with Gasteiger partial charge < -0.3 is 41.3 Å². The van der Waals surface area contributed by atoms with Gasteiger partial charge >= 0.3 is 0 Å². The molecule has 5 atom stereocenters. The molecule has 9 aromatic heterocycles. The van der Waals surface area contributed by atoms with Crippen molar-refractivity contribution in [1.82, 2.24) is 71.1 Å². The van der Waals surface area contributed by atoms with E-state index in [0.29, 0.717) is 90.8 Å². The van der Waals surface area contributed by atoms with Gasteiger partial charge in [-0.2, -0.15) is 15.3 Å². The molecule has 0 amide bonds. The predicted octanol–water partition coefficient (Wildman–Crippen LogP) is 10.2. The first kappa shape index (κ1) is 58.7. The number of aliphatic hydroxyl groups is 2. The summed E-state index contributed by atoms with van der Waals surface area (Å²) in [5.41, 5.74) is 10.0. The molecule has 3 saturated heterocycles. The van der Waals surface area contributed by atoms with Crippen molar-refractivity contribution in [3.8, 4) is 34.2 Å². The van der Waals surface area contributed by atoms with Crippen LogP contribution in [0.2, 0.25) is 0 Å². The molecule has 0 radical (unpaired) electrons. The van der Waals surface area contributed by atoms with Crippen LogP contribution in [0.1, 0.15) is 64.2 Å². The molecule has 3 aliphatic heterocycles. The summed E-state index contributed by atoms with van der Waals surface area (Å²) in [7, 11) is 0. The second kappa shape index (κ2) is 24.7. The second-order valence-corrected chi connectivity index (χ2v) is 23.7. The van der Waals surface area contributed by atoms with Crippen LogP contribution >= 0.6 is 0 Å². The summed E-state index contributed by atoms with van der Waals surface area (Å²) in [5.74, 6) is 1.35. The molecule has 89 heavy (non-hydrogen) atoms. The van der Waals surface area contributed by atoms with Gasteiger partial charge in [-0.1, -0.05) is 60.7 Å². The van der Waals surface area contributed by atoms with Gasteiger partial charge in [-0.3, -0.25) is 15.3 Å². The number of aromatic nitrogens is 12. The summed E-state index contributed by atoms with van der Waals surface area (Å²) in [6, 6.07) is 39.2. The van der Waals surface area contributed by atoms with Gasteiger partial charge in [0.25, 0.3) is 0 Å². The molecule has 0 spiro atoms. The number of piperazine rings is 2. The number of benzene rings is 2. The minimum atomic E-state index is -1.06. The molecule has 4 aliphatic rings. The van der Waals surface area contributed by atoms with Crippen molar-refractivity contribution in [3.05, 3.63) is 181 Å². The number of pyridine rings is 6. The third-order valence-electron chi connectivity index (χ3n) is 18.1. The van der Waals surface area contributed by atoms with Crippen LogP contribution in [0.4, 0.5) is 30.6 Å². The molecular weight excluding hydrogens is 1130 g/mol. The maximum absolute atomic E-state index is 14.7. The first-order valence-corrected chi connectivity index (χ1v) is 30.2. The highest BCUT2D eigenvalue weighted by molar-refractivity contribution is 5.91. The average molecular weight is 1210 g/mol. The molecular formula is C66H79F3N18O2. The van der Waals surface area contributed by atoms with Crippen molar-refractivity contribution >= 4 is 50.6 Å². The van der Waals surface area contributed by atoms with Crippen LogP contribution in [0.15, 0.2) is 152 Å². The highest BCUT2D eigenvalue weighted by Gasteiger charge is 2.43. The summed E-state index contributed by atoms with van der Waals surface area (Å²) < 4.78 is 44.0. The smallest absolute Gasteiger partial charge is 0.181 e. The van der Waals surface area contributed by atoms with E-state index in [9.17, 15) is 23.4 Å². The van der Waals surface area contributed by atoms with E-state index < -0.39 is 22.8 Å². The number of nitrogens with two attached hydrogens (primary N) is 1. The maximum Gasteiger partial charge on any atom is 0.181 e. The monoisotopic (exact) mass is 1210 g/mol. The van der Waals surface area contributed by atoms with Crippen molar-refractivity contribution in [2.75, 3.05) is 67.1 Å². The third kappa shape index (κ3) is 11.9.